The summed E-state index contributed by atoms with van der Waals surface area (Å²) in [4.78, 5) is 2.42. The molecule has 126 valence electrons. The van der Waals surface area contributed by atoms with Crippen molar-refractivity contribution < 1.29 is 5.11 Å². The smallest absolute Gasteiger partial charge is 0.130 e. The normalized spacial score (nSPS) is 27.8. The molecule has 4 rings (SSSR count). The molecule has 0 spiro atoms. The lowest BCUT2D eigenvalue weighted by Gasteiger charge is -2.42. The van der Waals surface area contributed by atoms with Gasteiger partial charge in [-0.05, 0) is 42.9 Å². The first-order valence-electron chi connectivity index (χ1n) is 9.25. The predicted octanol–water partition coefficient (Wildman–Crippen LogP) is 4.04. The van der Waals surface area contributed by atoms with Gasteiger partial charge in [0.15, 0.2) is 0 Å². The molecule has 1 heterocycles. The second-order valence-corrected chi connectivity index (χ2v) is 7.59. The van der Waals surface area contributed by atoms with Gasteiger partial charge in [-0.15, -0.1) is 0 Å². The van der Waals surface area contributed by atoms with E-state index in [4.69, 9.17) is 0 Å². The molecule has 2 heteroatoms. The first-order valence-corrected chi connectivity index (χ1v) is 9.25. The lowest BCUT2D eigenvalue weighted by molar-refractivity contribution is -0.0176. The Labute approximate surface area is 145 Å². The van der Waals surface area contributed by atoms with Crippen LogP contribution in [0.15, 0.2) is 60.7 Å². The fourth-order valence-corrected chi connectivity index (χ4v) is 5.21. The summed E-state index contributed by atoms with van der Waals surface area (Å²) in [5.41, 5.74) is 1.08. The van der Waals surface area contributed by atoms with Crippen molar-refractivity contribution >= 4 is 0 Å². The number of fused-ring (bicyclic) bond motifs is 1. The minimum absolute atomic E-state index is 0.146. The van der Waals surface area contributed by atoms with Gasteiger partial charge in [0.05, 0.1) is 0 Å². The molecule has 1 unspecified atom stereocenters. The third-order valence-corrected chi connectivity index (χ3v) is 6.23. The minimum Gasteiger partial charge on any atom is -0.379 e. The van der Waals surface area contributed by atoms with Crippen LogP contribution < -0.4 is 0 Å². The SMILES string of the molecule is CN1C[C@@H]2CCCC[C@H]2C1C(O)(c1ccccc1)c1ccccc1. The molecular formula is C22H27NO. The summed E-state index contributed by atoms with van der Waals surface area (Å²) in [7, 11) is 2.19. The molecular weight excluding hydrogens is 294 g/mol. The van der Waals surface area contributed by atoms with Crippen molar-refractivity contribution in [1.82, 2.24) is 4.90 Å². The average molecular weight is 321 g/mol. The summed E-state index contributed by atoms with van der Waals surface area (Å²) in [5, 5.41) is 12.1. The molecule has 24 heavy (non-hydrogen) atoms. The molecule has 1 saturated carbocycles. The number of nitrogens with zero attached hydrogens (tertiary/aromatic N) is 1. The maximum atomic E-state index is 12.1. The molecule has 0 aromatic heterocycles. The van der Waals surface area contributed by atoms with E-state index < -0.39 is 5.60 Å². The molecule has 2 aromatic rings. The van der Waals surface area contributed by atoms with Gasteiger partial charge in [-0.3, -0.25) is 4.90 Å². The number of likely N-dealkylation sites (tertiary alicyclic amines) is 1. The average Bonchev–Trinajstić information content (AvgIpc) is 2.99. The first kappa shape index (κ1) is 15.9. The summed E-state index contributed by atoms with van der Waals surface area (Å²) in [6, 6.07) is 20.7. The topological polar surface area (TPSA) is 23.5 Å². The number of aliphatic hydroxyl groups is 1. The van der Waals surface area contributed by atoms with E-state index >= 15 is 0 Å². The van der Waals surface area contributed by atoms with E-state index in [0.29, 0.717) is 5.92 Å². The number of likely N-dealkylation sites (N-methyl/N-ethyl adjacent to an activating group) is 1. The van der Waals surface area contributed by atoms with Crippen LogP contribution >= 0.6 is 0 Å². The maximum Gasteiger partial charge on any atom is 0.130 e. The molecule has 2 aliphatic rings. The van der Waals surface area contributed by atoms with E-state index in [2.05, 4.69) is 36.2 Å². The summed E-state index contributed by atoms with van der Waals surface area (Å²) in [5.74, 6) is 1.31. The Kier molecular flexibility index (Phi) is 4.19. The Morgan fingerprint density at radius 1 is 0.875 bits per heavy atom. The third kappa shape index (κ3) is 2.49. The van der Waals surface area contributed by atoms with Crippen molar-refractivity contribution in [2.24, 2.45) is 11.8 Å². The molecule has 2 nitrogen and oxygen atoms in total. The van der Waals surface area contributed by atoms with Gasteiger partial charge >= 0.3 is 0 Å². The maximum absolute atomic E-state index is 12.1. The molecule has 2 fully saturated rings. The Hall–Kier alpha value is -1.64. The van der Waals surface area contributed by atoms with Gasteiger partial charge in [0.1, 0.15) is 5.60 Å². The zero-order valence-corrected chi connectivity index (χ0v) is 14.4. The highest BCUT2D eigenvalue weighted by molar-refractivity contribution is 5.39. The van der Waals surface area contributed by atoms with Gasteiger partial charge in [-0.25, -0.2) is 0 Å². The highest BCUT2D eigenvalue weighted by Crippen LogP contribution is 2.48. The number of hydrogen-bond donors (Lipinski definition) is 1. The zero-order valence-electron chi connectivity index (χ0n) is 14.4. The van der Waals surface area contributed by atoms with Crippen LogP contribution in [-0.4, -0.2) is 29.6 Å². The van der Waals surface area contributed by atoms with Crippen molar-refractivity contribution in [3.63, 3.8) is 0 Å². The Morgan fingerprint density at radius 2 is 1.42 bits per heavy atom. The van der Waals surface area contributed by atoms with E-state index in [1.54, 1.807) is 0 Å². The van der Waals surface area contributed by atoms with Crippen LogP contribution in [-0.2, 0) is 5.60 Å². The van der Waals surface area contributed by atoms with Gasteiger partial charge in [-0.2, -0.15) is 0 Å². The molecule has 0 bridgehead atoms. The summed E-state index contributed by atoms with van der Waals surface area (Å²) in [6.07, 6.45) is 5.19. The van der Waals surface area contributed by atoms with E-state index in [0.717, 1.165) is 23.6 Å². The van der Waals surface area contributed by atoms with Gasteiger partial charge < -0.3 is 5.11 Å². The highest BCUT2D eigenvalue weighted by Gasteiger charge is 2.52. The van der Waals surface area contributed by atoms with Crippen LogP contribution in [0.4, 0.5) is 0 Å². The lowest BCUT2D eigenvalue weighted by atomic mass is 9.69. The van der Waals surface area contributed by atoms with Crippen LogP contribution in [0.25, 0.3) is 0 Å². The molecule has 1 aliphatic heterocycles. The summed E-state index contributed by atoms with van der Waals surface area (Å²) >= 11 is 0. The van der Waals surface area contributed by atoms with E-state index in [9.17, 15) is 5.11 Å². The van der Waals surface area contributed by atoms with Crippen molar-refractivity contribution in [2.45, 2.75) is 37.3 Å². The second-order valence-electron chi connectivity index (χ2n) is 7.59. The lowest BCUT2D eigenvalue weighted by Crippen LogP contribution is -2.50. The molecule has 1 saturated heterocycles. The van der Waals surface area contributed by atoms with Gasteiger partial charge in [0, 0.05) is 12.6 Å². The van der Waals surface area contributed by atoms with Crippen molar-refractivity contribution in [3.05, 3.63) is 71.8 Å². The van der Waals surface area contributed by atoms with Gasteiger partial charge in [-0.1, -0.05) is 73.5 Å². The molecule has 3 atom stereocenters. The van der Waals surface area contributed by atoms with Crippen molar-refractivity contribution in [1.29, 1.82) is 0 Å². The summed E-state index contributed by atoms with van der Waals surface area (Å²) in [6.45, 7) is 1.11. The number of rotatable bonds is 3. The molecule has 0 radical (unpaired) electrons. The van der Waals surface area contributed by atoms with Crippen molar-refractivity contribution in [2.75, 3.05) is 13.6 Å². The number of benzene rings is 2. The second kappa shape index (κ2) is 6.34. The first-order chi connectivity index (χ1) is 11.7. The zero-order chi connectivity index (χ0) is 16.6. The minimum atomic E-state index is -0.950. The van der Waals surface area contributed by atoms with Crippen LogP contribution in [0.3, 0.4) is 0 Å². The highest BCUT2D eigenvalue weighted by atomic mass is 16.3. The fourth-order valence-electron chi connectivity index (χ4n) is 5.21. The molecule has 1 N–H and O–H groups in total. The van der Waals surface area contributed by atoms with Crippen molar-refractivity contribution in [3.8, 4) is 0 Å². The Balaban J connectivity index is 1.84. The monoisotopic (exact) mass is 321 g/mol. The van der Waals surface area contributed by atoms with Crippen LogP contribution in [0, 0.1) is 11.8 Å². The summed E-state index contributed by atoms with van der Waals surface area (Å²) < 4.78 is 0. The van der Waals surface area contributed by atoms with E-state index in [1.807, 2.05) is 36.4 Å². The fraction of sp³-hybridized carbons (Fsp3) is 0.455. The number of hydrogen-bond acceptors (Lipinski definition) is 2. The Morgan fingerprint density at radius 3 is 2.00 bits per heavy atom. The third-order valence-electron chi connectivity index (χ3n) is 6.23. The largest absolute Gasteiger partial charge is 0.379 e. The van der Waals surface area contributed by atoms with Crippen LogP contribution in [0.1, 0.15) is 36.8 Å². The Bertz CT molecular complexity index is 629. The quantitative estimate of drug-likeness (QED) is 0.922. The standard InChI is InChI=1S/C22H27NO/c1-23-16-17-10-8-9-15-20(17)21(23)22(24,18-11-4-2-5-12-18)19-13-6-3-7-14-19/h2-7,11-14,17,20-21,24H,8-10,15-16H2,1H3/t17-,20+,21?/m0/s1. The predicted molar refractivity (Wildman–Crippen MR) is 97.7 cm³/mol. The van der Waals surface area contributed by atoms with Crippen LogP contribution in [0.2, 0.25) is 0 Å². The molecule has 2 aromatic carbocycles. The van der Waals surface area contributed by atoms with E-state index in [-0.39, 0.29) is 6.04 Å². The molecule has 0 amide bonds. The van der Waals surface area contributed by atoms with Gasteiger partial charge in [0.2, 0.25) is 0 Å². The molecule has 1 aliphatic carbocycles. The van der Waals surface area contributed by atoms with Gasteiger partial charge in [0.25, 0.3) is 0 Å². The van der Waals surface area contributed by atoms with E-state index in [1.165, 1.54) is 25.7 Å². The van der Waals surface area contributed by atoms with Crippen LogP contribution in [0.5, 0.6) is 0 Å².